The highest BCUT2D eigenvalue weighted by Gasteiger charge is 2.41. The SMILES string of the molecule is C#CC#CC1=C(/C=C/C=C/C=C/C=C2/N(C#CC#C)c3ccc4ccccc4c3C2(C)C)C(C)(C)c2c1ccc1ccccc21. The van der Waals surface area contributed by atoms with Crippen LogP contribution < -0.4 is 4.90 Å². The zero-order chi connectivity index (χ0) is 31.6. The lowest BCUT2D eigenvalue weighted by Crippen LogP contribution is -2.22. The number of nitrogens with zero attached hydrogens (tertiary/aromatic N) is 1. The molecule has 4 aromatic carbocycles. The van der Waals surface area contributed by atoms with E-state index in [2.05, 4.69) is 160 Å². The molecule has 0 amide bonds. The summed E-state index contributed by atoms with van der Waals surface area (Å²) < 4.78 is 0. The van der Waals surface area contributed by atoms with Crippen LogP contribution in [-0.2, 0) is 10.8 Å². The number of anilines is 1. The molecule has 0 radical (unpaired) electrons. The van der Waals surface area contributed by atoms with Gasteiger partial charge in [-0.15, -0.1) is 12.8 Å². The standard InChI is InChI=1S/C44H33N/c1-7-9-22-36-37-29-27-32-20-16-18-23-34(32)41(37)43(3,4)38(36)25-14-12-11-13-15-26-40-44(5,6)42-35-24-19-17-21-33(35)28-30-39(42)45(40)31-10-8-2/h1-2,11-21,23-30H,3-6H3/b12-11+,15-13+,25-14+,40-26+. The van der Waals surface area contributed by atoms with Crippen molar-refractivity contribution in [3.05, 3.63) is 143 Å². The average molecular weight is 576 g/mol. The van der Waals surface area contributed by atoms with E-state index in [1.165, 1.54) is 32.7 Å². The van der Waals surface area contributed by atoms with E-state index in [4.69, 9.17) is 12.8 Å². The van der Waals surface area contributed by atoms with Crippen molar-refractivity contribution >= 4 is 32.8 Å². The molecule has 6 rings (SSSR count). The number of terminal acetylenes is 2. The van der Waals surface area contributed by atoms with Crippen LogP contribution in [0.3, 0.4) is 0 Å². The van der Waals surface area contributed by atoms with Crippen LogP contribution in [0.5, 0.6) is 0 Å². The summed E-state index contributed by atoms with van der Waals surface area (Å²) >= 11 is 0. The van der Waals surface area contributed by atoms with Gasteiger partial charge in [-0.1, -0.05) is 137 Å². The van der Waals surface area contributed by atoms with Crippen molar-refractivity contribution in [3.63, 3.8) is 0 Å². The smallest absolute Gasteiger partial charge is 0.0590 e. The molecule has 2 aliphatic rings. The molecular weight excluding hydrogens is 542 g/mol. The summed E-state index contributed by atoms with van der Waals surface area (Å²) in [7, 11) is 0. The average Bonchev–Trinajstić information content (AvgIpc) is 3.40. The summed E-state index contributed by atoms with van der Waals surface area (Å²) in [5.41, 5.74) is 7.53. The highest BCUT2D eigenvalue weighted by molar-refractivity contribution is 6.00. The van der Waals surface area contributed by atoms with E-state index in [0.717, 1.165) is 28.1 Å². The second-order valence-corrected chi connectivity index (χ2v) is 12.2. The Morgan fingerprint density at radius 3 is 1.98 bits per heavy atom. The van der Waals surface area contributed by atoms with Crippen LogP contribution in [0.4, 0.5) is 5.69 Å². The van der Waals surface area contributed by atoms with E-state index >= 15 is 0 Å². The summed E-state index contributed by atoms with van der Waals surface area (Å²) in [4.78, 5) is 2.03. The number of rotatable bonds is 4. The van der Waals surface area contributed by atoms with Crippen molar-refractivity contribution in [2.24, 2.45) is 0 Å². The molecule has 0 spiro atoms. The Kier molecular flexibility index (Phi) is 7.58. The lowest BCUT2D eigenvalue weighted by molar-refractivity contribution is 0.650. The minimum absolute atomic E-state index is 0.227. The lowest BCUT2D eigenvalue weighted by Gasteiger charge is -2.24. The molecule has 0 aromatic heterocycles. The summed E-state index contributed by atoms with van der Waals surface area (Å²) in [5, 5.41) is 4.92. The Hall–Kier alpha value is -5.86. The maximum atomic E-state index is 5.54. The first-order valence-corrected chi connectivity index (χ1v) is 15.1. The van der Waals surface area contributed by atoms with Gasteiger partial charge < -0.3 is 0 Å². The van der Waals surface area contributed by atoms with Crippen LogP contribution in [0.25, 0.3) is 27.1 Å². The van der Waals surface area contributed by atoms with E-state index in [-0.39, 0.29) is 10.8 Å². The Morgan fingerprint density at radius 2 is 1.27 bits per heavy atom. The number of allylic oxidation sites excluding steroid dienone is 10. The van der Waals surface area contributed by atoms with Gasteiger partial charge in [0.25, 0.3) is 0 Å². The first-order valence-electron chi connectivity index (χ1n) is 15.1. The summed E-state index contributed by atoms with van der Waals surface area (Å²) in [5.74, 6) is 13.9. The first kappa shape index (κ1) is 29.2. The van der Waals surface area contributed by atoms with E-state index in [9.17, 15) is 0 Å². The van der Waals surface area contributed by atoms with Gasteiger partial charge in [0, 0.05) is 34.1 Å². The minimum atomic E-state index is -0.261. The molecule has 1 aliphatic heterocycles. The monoisotopic (exact) mass is 575 g/mol. The Labute approximate surface area is 267 Å². The van der Waals surface area contributed by atoms with Crippen molar-refractivity contribution in [1.29, 1.82) is 0 Å². The zero-order valence-electron chi connectivity index (χ0n) is 26.1. The molecule has 1 nitrogen and oxygen atoms in total. The van der Waals surface area contributed by atoms with Crippen molar-refractivity contribution in [1.82, 2.24) is 0 Å². The molecule has 0 atom stereocenters. The van der Waals surface area contributed by atoms with Crippen LogP contribution in [0.1, 0.15) is 44.4 Å². The van der Waals surface area contributed by atoms with Crippen LogP contribution in [0, 0.1) is 48.5 Å². The maximum Gasteiger partial charge on any atom is 0.0590 e. The molecule has 1 aliphatic carbocycles. The van der Waals surface area contributed by atoms with Crippen molar-refractivity contribution in [2.45, 2.75) is 38.5 Å². The molecule has 214 valence electrons. The Morgan fingerprint density at radius 1 is 0.644 bits per heavy atom. The molecule has 0 N–H and O–H groups in total. The molecule has 1 heterocycles. The molecular formula is C44H33N. The van der Waals surface area contributed by atoms with Crippen LogP contribution in [0.2, 0.25) is 0 Å². The number of hydrogen-bond donors (Lipinski definition) is 0. The molecule has 0 unspecified atom stereocenters. The van der Waals surface area contributed by atoms with Crippen LogP contribution in [-0.4, -0.2) is 0 Å². The van der Waals surface area contributed by atoms with Gasteiger partial charge in [0.05, 0.1) is 5.69 Å². The van der Waals surface area contributed by atoms with Crippen LogP contribution >= 0.6 is 0 Å². The molecule has 1 heteroatoms. The predicted octanol–water partition coefficient (Wildman–Crippen LogP) is 9.62. The van der Waals surface area contributed by atoms with Crippen molar-refractivity contribution in [3.8, 4) is 48.5 Å². The third-order valence-corrected chi connectivity index (χ3v) is 8.88. The normalized spacial score (nSPS) is 16.9. The molecule has 0 bridgehead atoms. The lowest BCUT2D eigenvalue weighted by atomic mass is 9.79. The number of fused-ring (bicyclic) bond motifs is 6. The zero-order valence-corrected chi connectivity index (χ0v) is 26.1. The second-order valence-electron chi connectivity index (χ2n) is 12.2. The number of hydrogen-bond acceptors (Lipinski definition) is 1. The van der Waals surface area contributed by atoms with Gasteiger partial charge in [-0.3, -0.25) is 4.90 Å². The van der Waals surface area contributed by atoms with Gasteiger partial charge >= 0.3 is 0 Å². The van der Waals surface area contributed by atoms with Gasteiger partial charge in [0.2, 0.25) is 0 Å². The van der Waals surface area contributed by atoms with Gasteiger partial charge in [0.15, 0.2) is 0 Å². The summed E-state index contributed by atoms with van der Waals surface area (Å²) in [6, 6.07) is 28.8. The van der Waals surface area contributed by atoms with Gasteiger partial charge in [-0.2, -0.15) is 0 Å². The molecule has 45 heavy (non-hydrogen) atoms. The molecule has 4 aromatic rings. The maximum absolute atomic E-state index is 5.54. The fourth-order valence-corrected chi connectivity index (χ4v) is 6.89. The van der Waals surface area contributed by atoms with E-state index in [1.807, 2.05) is 23.1 Å². The summed E-state index contributed by atoms with van der Waals surface area (Å²) in [6.45, 7) is 9.01. The second kappa shape index (κ2) is 11.7. The third kappa shape index (κ3) is 4.97. The predicted molar refractivity (Wildman–Crippen MR) is 192 cm³/mol. The topological polar surface area (TPSA) is 3.24 Å². The summed E-state index contributed by atoms with van der Waals surface area (Å²) in [6.07, 6.45) is 25.6. The van der Waals surface area contributed by atoms with Crippen molar-refractivity contribution in [2.75, 3.05) is 4.90 Å². The fourth-order valence-electron chi connectivity index (χ4n) is 6.89. The van der Waals surface area contributed by atoms with E-state index in [0.29, 0.717) is 0 Å². The number of benzene rings is 4. The molecule has 0 saturated carbocycles. The minimum Gasteiger partial charge on any atom is -0.272 e. The fraction of sp³-hybridized carbons (Fsp3) is 0.136. The first-order chi connectivity index (χ1) is 21.8. The van der Waals surface area contributed by atoms with E-state index in [1.54, 1.807) is 0 Å². The molecule has 0 saturated heterocycles. The molecule has 0 fully saturated rings. The highest BCUT2D eigenvalue weighted by atomic mass is 15.2. The van der Waals surface area contributed by atoms with Gasteiger partial charge in [0.1, 0.15) is 0 Å². The Balaban J connectivity index is 1.30. The van der Waals surface area contributed by atoms with Gasteiger partial charge in [-0.25, -0.2) is 0 Å². The third-order valence-electron chi connectivity index (χ3n) is 8.88. The largest absolute Gasteiger partial charge is 0.272 e. The quantitative estimate of drug-likeness (QED) is 0.173. The van der Waals surface area contributed by atoms with Crippen molar-refractivity contribution < 1.29 is 0 Å². The van der Waals surface area contributed by atoms with Gasteiger partial charge in [-0.05, 0) is 73.7 Å². The Bertz CT molecular complexity index is 2240. The van der Waals surface area contributed by atoms with Crippen LogP contribution in [0.15, 0.2) is 127 Å². The van der Waals surface area contributed by atoms with E-state index < -0.39 is 0 Å². The highest BCUT2D eigenvalue weighted by Crippen LogP contribution is 2.51.